The van der Waals surface area contributed by atoms with Crippen molar-refractivity contribution >= 4 is 11.9 Å². The molecule has 3 rings (SSSR count). The molecule has 2 aromatic rings. The third-order valence-electron chi connectivity index (χ3n) is 4.71. The van der Waals surface area contributed by atoms with E-state index in [4.69, 9.17) is 9.47 Å². The van der Waals surface area contributed by atoms with Gasteiger partial charge in [-0.05, 0) is 35.9 Å². The first kappa shape index (κ1) is 22.5. The molecular formula is C21H22O10. The van der Waals surface area contributed by atoms with E-state index in [2.05, 4.69) is 0 Å². The normalized spacial score (nSPS) is 26.5. The number of Topliss-reactive ketones (excluding diaryl/α,β-unsaturated/α-hetero) is 1. The zero-order valence-electron chi connectivity index (χ0n) is 16.1. The zero-order valence-corrected chi connectivity index (χ0v) is 16.1. The largest absolute Gasteiger partial charge is 0.508 e. The van der Waals surface area contributed by atoms with E-state index >= 15 is 0 Å². The van der Waals surface area contributed by atoms with Gasteiger partial charge in [-0.1, -0.05) is 12.1 Å². The van der Waals surface area contributed by atoms with Gasteiger partial charge in [0.1, 0.15) is 41.7 Å². The monoisotopic (exact) mass is 434 g/mol. The van der Waals surface area contributed by atoms with Crippen molar-refractivity contribution in [2.24, 2.45) is 0 Å². The number of aliphatic hydroxyl groups excluding tert-OH is 5. The van der Waals surface area contributed by atoms with Crippen LogP contribution in [-0.2, 0) is 4.74 Å². The molecule has 0 aromatic heterocycles. The van der Waals surface area contributed by atoms with Crippen LogP contribution in [0.3, 0.4) is 0 Å². The van der Waals surface area contributed by atoms with Crippen LogP contribution in [-0.4, -0.2) is 78.8 Å². The molecule has 0 saturated carbocycles. The number of allylic oxidation sites excluding steroid dienone is 1. The maximum Gasteiger partial charge on any atom is 0.231 e. The first-order valence-electron chi connectivity index (χ1n) is 9.26. The Bertz CT molecular complexity index is 970. The Morgan fingerprint density at radius 3 is 2.39 bits per heavy atom. The maximum absolute atomic E-state index is 12.8. The van der Waals surface area contributed by atoms with Crippen LogP contribution in [0.2, 0.25) is 0 Å². The number of phenolic OH excluding ortho intramolecular Hbond substituents is 2. The fourth-order valence-corrected chi connectivity index (χ4v) is 3.06. The number of phenols is 2. The van der Waals surface area contributed by atoms with E-state index in [9.17, 15) is 40.5 Å². The maximum atomic E-state index is 12.8. The Morgan fingerprint density at radius 2 is 1.71 bits per heavy atom. The Hall–Kier alpha value is -3.15. The minimum absolute atomic E-state index is 0.0646. The minimum atomic E-state index is -1.74. The molecular weight excluding hydrogens is 412 g/mol. The van der Waals surface area contributed by atoms with Crippen molar-refractivity contribution < 1.29 is 50.0 Å². The topological polar surface area (TPSA) is 177 Å². The molecule has 31 heavy (non-hydrogen) atoms. The molecule has 0 aliphatic carbocycles. The van der Waals surface area contributed by atoms with E-state index in [1.54, 1.807) is 6.07 Å². The molecule has 1 fully saturated rings. The summed E-state index contributed by atoms with van der Waals surface area (Å²) in [7, 11) is 0. The number of hydrogen-bond acceptors (Lipinski definition) is 10. The molecule has 0 spiro atoms. The molecule has 2 aromatic carbocycles. The predicted octanol–water partition coefficient (Wildman–Crippen LogP) is 0.0583. The van der Waals surface area contributed by atoms with E-state index in [0.29, 0.717) is 5.56 Å². The number of benzene rings is 2. The van der Waals surface area contributed by atoms with Crippen LogP contribution in [0.4, 0.5) is 0 Å². The van der Waals surface area contributed by atoms with Gasteiger partial charge in [-0.15, -0.1) is 0 Å². The average Bonchev–Trinajstić information content (AvgIpc) is 2.73. The molecule has 1 aliphatic heterocycles. The standard InChI is InChI=1S/C21H22O10/c22-9-16-18(27)19(28)20(29)21(31-16)30-15-8-12(24)4-5-13(15)17(26)14(25)7-10-2-1-3-11(23)6-10/h1-8,16,18-25,27-29H,9H2/t16-,18-,19-,20+,21-/m1/s1. The SMILES string of the molecule is O=C(C(O)=Cc1cccc(O)c1)c1ccc(O)cc1O[C@@H]1O[C@H](CO)[C@@H](O)[C@@H](O)[C@@H]1O. The number of carbonyl (C=O) groups is 1. The van der Waals surface area contributed by atoms with Crippen molar-refractivity contribution in [2.75, 3.05) is 6.61 Å². The number of carbonyl (C=O) groups excluding carboxylic acids is 1. The lowest BCUT2D eigenvalue weighted by Crippen LogP contribution is -2.60. The van der Waals surface area contributed by atoms with Gasteiger partial charge >= 0.3 is 0 Å². The third-order valence-corrected chi connectivity index (χ3v) is 4.71. The van der Waals surface area contributed by atoms with Crippen molar-refractivity contribution in [1.29, 1.82) is 0 Å². The Kier molecular flexibility index (Phi) is 6.78. The summed E-state index contributed by atoms with van der Waals surface area (Å²) in [5, 5.41) is 68.7. The van der Waals surface area contributed by atoms with Gasteiger partial charge in [-0.25, -0.2) is 0 Å². The Labute approximate surface area is 176 Å². The predicted molar refractivity (Wildman–Crippen MR) is 106 cm³/mol. The first-order valence-corrected chi connectivity index (χ1v) is 9.26. The second-order valence-electron chi connectivity index (χ2n) is 6.95. The van der Waals surface area contributed by atoms with Crippen LogP contribution >= 0.6 is 0 Å². The average molecular weight is 434 g/mol. The van der Waals surface area contributed by atoms with Crippen molar-refractivity contribution in [1.82, 2.24) is 0 Å². The second-order valence-corrected chi connectivity index (χ2v) is 6.95. The van der Waals surface area contributed by atoms with Gasteiger partial charge in [0.15, 0.2) is 5.76 Å². The van der Waals surface area contributed by atoms with Crippen LogP contribution in [0.1, 0.15) is 15.9 Å². The number of ether oxygens (including phenoxy) is 2. The van der Waals surface area contributed by atoms with Crippen LogP contribution in [0.15, 0.2) is 48.2 Å². The molecule has 7 N–H and O–H groups in total. The summed E-state index contributed by atoms with van der Waals surface area (Å²) >= 11 is 0. The molecule has 0 radical (unpaired) electrons. The molecule has 166 valence electrons. The number of rotatable bonds is 6. The molecule has 0 amide bonds. The lowest BCUT2D eigenvalue weighted by atomic mass is 9.99. The summed E-state index contributed by atoms with van der Waals surface area (Å²) in [6.07, 6.45) is -6.75. The molecule has 10 nitrogen and oxygen atoms in total. The zero-order chi connectivity index (χ0) is 22.7. The van der Waals surface area contributed by atoms with Crippen molar-refractivity contribution in [3.05, 3.63) is 59.4 Å². The van der Waals surface area contributed by atoms with Crippen molar-refractivity contribution in [3.63, 3.8) is 0 Å². The van der Waals surface area contributed by atoms with Crippen LogP contribution in [0.5, 0.6) is 17.2 Å². The molecule has 0 bridgehead atoms. The highest BCUT2D eigenvalue weighted by Gasteiger charge is 2.45. The van der Waals surface area contributed by atoms with Gasteiger partial charge in [0, 0.05) is 6.07 Å². The molecule has 5 atom stereocenters. The smallest absolute Gasteiger partial charge is 0.231 e. The fraction of sp³-hybridized carbons (Fsp3) is 0.286. The van der Waals surface area contributed by atoms with Gasteiger partial charge < -0.3 is 45.2 Å². The molecule has 1 saturated heterocycles. The molecule has 1 heterocycles. The molecule has 10 heteroatoms. The quantitative estimate of drug-likeness (QED) is 0.187. The highest BCUT2D eigenvalue weighted by molar-refractivity contribution is 6.11. The summed E-state index contributed by atoms with van der Waals surface area (Å²) in [4.78, 5) is 12.8. The van der Waals surface area contributed by atoms with E-state index in [1.807, 2.05) is 0 Å². The summed E-state index contributed by atoms with van der Waals surface area (Å²) in [5.41, 5.74) is 0.143. The fourth-order valence-electron chi connectivity index (χ4n) is 3.06. The number of aliphatic hydroxyl groups is 5. The summed E-state index contributed by atoms with van der Waals surface area (Å²) in [6.45, 7) is -0.677. The highest BCUT2D eigenvalue weighted by atomic mass is 16.7. The van der Waals surface area contributed by atoms with Crippen LogP contribution in [0, 0.1) is 0 Å². The van der Waals surface area contributed by atoms with Crippen molar-refractivity contribution in [3.8, 4) is 17.2 Å². The summed E-state index contributed by atoms with van der Waals surface area (Å²) in [6, 6.07) is 9.20. The Balaban J connectivity index is 1.89. The Morgan fingerprint density at radius 1 is 1.00 bits per heavy atom. The number of aromatic hydroxyl groups is 2. The van der Waals surface area contributed by atoms with Gasteiger partial charge in [-0.3, -0.25) is 4.79 Å². The van der Waals surface area contributed by atoms with E-state index < -0.39 is 48.9 Å². The van der Waals surface area contributed by atoms with Gasteiger partial charge in [-0.2, -0.15) is 0 Å². The van der Waals surface area contributed by atoms with Gasteiger partial charge in [0.25, 0.3) is 0 Å². The van der Waals surface area contributed by atoms with E-state index in [-0.39, 0.29) is 22.8 Å². The number of ketones is 1. The summed E-state index contributed by atoms with van der Waals surface area (Å²) in [5.74, 6) is -2.25. The highest BCUT2D eigenvalue weighted by Crippen LogP contribution is 2.30. The van der Waals surface area contributed by atoms with Crippen molar-refractivity contribution in [2.45, 2.75) is 30.7 Å². The van der Waals surface area contributed by atoms with E-state index in [1.165, 1.54) is 30.3 Å². The lowest BCUT2D eigenvalue weighted by Gasteiger charge is -2.39. The minimum Gasteiger partial charge on any atom is -0.508 e. The second kappa shape index (κ2) is 9.33. The molecule has 0 unspecified atom stereocenters. The third kappa shape index (κ3) is 4.95. The summed E-state index contributed by atoms with van der Waals surface area (Å²) < 4.78 is 10.7. The first-order chi connectivity index (χ1) is 14.7. The van der Waals surface area contributed by atoms with Crippen LogP contribution < -0.4 is 4.74 Å². The molecule has 1 aliphatic rings. The van der Waals surface area contributed by atoms with E-state index in [0.717, 1.165) is 12.1 Å². The lowest BCUT2D eigenvalue weighted by molar-refractivity contribution is -0.277. The van der Waals surface area contributed by atoms with Gasteiger partial charge in [0.2, 0.25) is 12.1 Å². The number of hydrogen-bond donors (Lipinski definition) is 7. The van der Waals surface area contributed by atoms with Gasteiger partial charge in [0.05, 0.1) is 12.2 Å². The van der Waals surface area contributed by atoms with Crippen LogP contribution in [0.25, 0.3) is 6.08 Å².